The second-order valence-electron chi connectivity index (χ2n) is 12.2. The van der Waals surface area contributed by atoms with Gasteiger partial charge in [-0.05, 0) is 42.7 Å². The van der Waals surface area contributed by atoms with Gasteiger partial charge in [0.25, 0.3) is 0 Å². The highest BCUT2D eigenvalue weighted by molar-refractivity contribution is 6.07. The van der Waals surface area contributed by atoms with Crippen LogP contribution < -0.4 is 0 Å². The van der Waals surface area contributed by atoms with Gasteiger partial charge in [0, 0.05) is 42.7 Å². The van der Waals surface area contributed by atoms with E-state index >= 15 is 0 Å². The molecular weight excluding hydrogens is 596 g/mol. The smallest absolute Gasteiger partial charge is 0.317 e. The average Bonchev–Trinajstić information content (AvgIpc) is 2.91. The van der Waals surface area contributed by atoms with Gasteiger partial charge in [0.05, 0.1) is 38.2 Å². The molecule has 4 rings (SSSR count). The van der Waals surface area contributed by atoms with Crippen LogP contribution in [-0.4, -0.2) is 128 Å². The Hall–Kier alpha value is -4.08. The number of carboxylic acids is 5. The van der Waals surface area contributed by atoms with E-state index in [1.165, 1.54) is 17.1 Å². The highest BCUT2D eigenvalue weighted by atomic mass is 16.5. The number of carboxylic acid groups (broad SMARTS) is 5. The molecule has 2 saturated carbocycles. The molecule has 1 heterocycles. The zero-order chi connectivity index (χ0) is 33.0. The van der Waals surface area contributed by atoms with Gasteiger partial charge in [-0.3, -0.25) is 38.6 Å². The number of ketones is 1. The maximum absolute atomic E-state index is 13.2. The van der Waals surface area contributed by atoms with Crippen LogP contribution in [0.2, 0.25) is 0 Å². The molecule has 3 aliphatic carbocycles. The molecule has 246 valence electrons. The van der Waals surface area contributed by atoms with Gasteiger partial charge in [0.2, 0.25) is 0 Å². The third-order valence-electron chi connectivity index (χ3n) is 8.98. The van der Waals surface area contributed by atoms with Gasteiger partial charge >= 0.3 is 29.8 Å². The summed E-state index contributed by atoms with van der Waals surface area (Å²) in [6.07, 6.45) is 3.86. The summed E-state index contributed by atoms with van der Waals surface area (Å²) in [7, 11) is 0. The summed E-state index contributed by atoms with van der Waals surface area (Å²) < 4.78 is 6.24. The van der Waals surface area contributed by atoms with E-state index < -0.39 is 97.7 Å². The number of carbonyl (C=O) groups excluding carboxylic acids is 1. The summed E-state index contributed by atoms with van der Waals surface area (Å²) in [5, 5.41) is 58.5. The molecule has 2 fully saturated rings. The average molecular weight is 635 g/mol. The van der Waals surface area contributed by atoms with E-state index in [-0.39, 0.29) is 37.3 Å². The fourth-order valence-corrected chi connectivity index (χ4v) is 7.26. The van der Waals surface area contributed by atoms with Gasteiger partial charge in [0.1, 0.15) is 11.9 Å². The molecule has 0 aromatic carbocycles. The van der Waals surface area contributed by atoms with Crippen molar-refractivity contribution < 1.29 is 64.1 Å². The van der Waals surface area contributed by atoms with Crippen molar-refractivity contribution in [3.05, 3.63) is 34.6 Å². The van der Waals surface area contributed by atoms with Crippen molar-refractivity contribution in [3.63, 3.8) is 0 Å². The van der Waals surface area contributed by atoms with Crippen molar-refractivity contribution in [3.8, 4) is 0 Å². The quantitative estimate of drug-likeness (QED) is 0.151. The summed E-state index contributed by atoms with van der Waals surface area (Å²) in [6.45, 7) is -2.70. The number of aliphatic carboxylic acids is 5. The van der Waals surface area contributed by atoms with E-state index in [9.17, 15) is 59.4 Å². The van der Waals surface area contributed by atoms with E-state index in [1.807, 2.05) is 0 Å². The molecule has 4 aliphatic rings. The van der Waals surface area contributed by atoms with Gasteiger partial charge in [-0.15, -0.1) is 0 Å². The third-order valence-corrected chi connectivity index (χ3v) is 8.98. The van der Waals surface area contributed by atoms with E-state index in [2.05, 4.69) is 0 Å². The molecule has 15 nitrogen and oxygen atoms in total. The van der Waals surface area contributed by atoms with Gasteiger partial charge in [-0.1, -0.05) is 12.8 Å². The maximum atomic E-state index is 13.2. The highest BCUT2D eigenvalue weighted by Crippen LogP contribution is 2.51. The number of rotatable bonds is 14. The second kappa shape index (κ2) is 14.3. The molecule has 0 aromatic rings. The van der Waals surface area contributed by atoms with Crippen LogP contribution in [0.3, 0.4) is 0 Å². The third kappa shape index (κ3) is 8.35. The van der Waals surface area contributed by atoms with Crippen LogP contribution in [0.4, 0.5) is 0 Å². The Morgan fingerprint density at radius 2 is 1.36 bits per heavy atom. The first-order valence-corrected chi connectivity index (χ1v) is 14.8. The molecule has 0 radical (unpaired) electrons. The molecule has 0 spiro atoms. The number of hydrogen-bond acceptors (Lipinski definition) is 10. The Morgan fingerprint density at radius 1 is 0.778 bits per heavy atom. The minimum atomic E-state index is -1.28. The Morgan fingerprint density at radius 3 is 1.93 bits per heavy atom. The molecule has 0 aromatic heterocycles. The fourth-order valence-electron chi connectivity index (χ4n) is 7.26. The predicted molar refractivity (Wildman–Crippen MR) is 152 cm³/mol. The molecule has 0 saturated heterocycles. The zero-order valence-electron chi connectivity index (χ0n) is 24.5. The van der Waals surface area contributed by atoms with Crippen LogP contribution in [0.5, 0.6) is 0 Å². The summed E-state index contributed by atoms with van der Waals surface area (Å²) >= 11 is 0. The first-order valence-electron chi connectivity index (χ1n) is 14.8. The van der Waals surface area contributed by atoms with Crippen molar-refractivity contribution >= 4 is 35.6 Å². The van der Waals surface area contributed by atoms with Crippen molar-refractivity contribution in [2.75, 3.05) is 39.3 Å². The van der Waals surface area contributed by atoms with Gasteiger partial charge in [0.15, 0.2) is 5.78 Å². The number of fused-ring (bicyclic) bond motifs is 2. The summed E-state index contributed by atoms with van der Waals surface area (Å²) in [4.78, 5) is 73.5. The Kier molecular flexibility index (Phi) is 10.8. The molecule has 45 heavy (non-hydrogen) atoms. The monoisotopic (exact) mass is 634 g/mol. The maximum Gasteiger partial charge on any atom is 0.317 e. The molecular formula is C30H38N2O13. The molecule has 1 aliphatic heterocycles. The lowest BCUT2D eigenvalue weighted by Gasteiger charge is -2.48. The lowest BCUT2D eigenvalue weighted by Crippen LogP contribution is -2.49. The summed E-state index contributed by atoms with van der Waals surface area (Å²) in [6, 6.07) is 0. The van der Waals surface area contributed by atoms with Crippen molar-refractivity contribution in [2.24, 2.45) is 23.7 Å². The SMILES string of the molecule is O=C(O)CN(CC(=O)O)CC1=CC2=C(C3CCCCC3C(=O)O)C3CC(CN(CC(=O)O)CC(=O)O)C(O)CC3OC2=CC1=O. The Balaban J connectivity index is 1.77. The van der Waals surface area contributed by atoms with Crippen LogP contribution >= 0.6 is 0 Å². The predicted octanol–water partition coefficient (Wildman–Crippen LogP) is 0.295. The molecule has 0 amide bonds. The molecule has 6 atom stereocenters. The second-order valence-corrected chi connectivity index (χ2v) is 12.2. The number of nitrogens with zero attached hydrogens (tertiary/aromatic N) is 2. The topological polar surface area (TPSA) is 240 Å². The largest absolute Gasteiger partial charge is 0.489 e. The van der Waals surface area contributed by atoms with Crippen LogP contribution in [0, 0.1) is 23.7 Å². The lowest BCUT2D eigenvalue weighted by atomic mass is 9.63. The van der Waals surface area contributed by atoms with E-state index in [1.54, 1.807) is 0 Å². The van der Waals surface area contributed by atoms with Crippen LogP contribution in [0.15, 0.2) is 34.6 Å². The number of ether oxygens (including phenoxy) is 1. The number of carbonyl (C=O) groups is 6. The van der Waals surface area contributed by atoms with Gasteiger partial charge < -0.3 is 35.4 Å². The van der Waals surface area contributed by atoms with Crippen molar-refractivity contribution in [2.45, 2.75) is 50.7 Å². The lowest BCUT2D eigenvalue weighted by molar-refractivity contribution is -0.145. The van der Waals surface area contributed by atoms with Crippen molar-refractivity contribution in [1.82, 2.24) is 9.80 Å². The van der Waals surface area contributed by atoms with Crippen LogP contribution in [0.1, 0.15) is 38.5 Å². The van der Waals surface area contributed by atoms with Gasteiger partial charge in [-0.25, -0.2) is 0 Å². The highest BCUT2D eigenvalue weighted by Gasteiger charge is 2.48. The Labute approximate surface area is 258 Å². The number of hydrogen-bond donors (Lipinski definition) is 6. The molecule has 15 heteroatoms. The molecule has 6 N–H and O–H groups in total. The van der Waals surface area contributed by atoms with Crippen molar-refractivity contribution in [1.29, 1.82) is 0 Å². The zero-order valence-corrected chi connectivity index (χ0v) is 24.5. The summed E-state index contributed by atoms with van der Waals surface area (Å²) in [5.41, 5.74) is 1.30. The van der Waals surface area contributed by atoms with E-state index in [4.69, 9.17) is 4.74 Å². The first-order chi connectivity index (χ1) is 21.2. The number of aliphatic hydroxyl groups is 1. The molecule has 0 bridgehead atoms. The van der Waals surface area contributed by atoms with Crippen LogP contribution in [-0.2, 0) is 33.5 Å². The van der Waals surface area contributed by atoms with E-state index in [0.29, 0.717) is 24.8 Å². The molecule has 6 unspecified atom stereocenters. The minimum Gasteiger partial charge on any atom is -0.489 e. The standard InChI is InChI=1S/C30H38N2O13/c33-21-7-23-19(5-15(21)9-31(11-25(35)36)12-26(37)38)29(17-3-1-2-4-18(17)30(43)44)20-6-16(22(34)8-24(20)45-23)10-32(13-27(39)40)14-28(41)42/h5,7,16-18,20,22,24,34H,1-4,6,8-14H2,(H,35,36)(H,37,38)(H,39,40)(H,41,42)(H,43,44). The number of aliphatic hydroxyl groups excluding tert-OH is 1. The first kappa shape index (κ1) is 33.8. The van der Waals surface area contributed by atoms with E-state index in [0.717, 1.165) is 16.9 Å². The fraction of sp³-hybridized carbons (Fsp3) is 0.600. The minimum absolute atomic E-state index is 0.0414. The van der Waals surface area contributed by atoms with Crippen LogP contribution in [0.25, 0.3) is 0 Å². The Bertz CT molecular complexity index is 1300. The van der Waals surface area contributed by atoms with Gasteiger partial charge in [-0.2, -0.15) is 0 Å². The normalized spacial score (nSPS) is 28.0. The number of allylic oxidation sites excluding steroid dienone is 2. The summed E-state index contributed by atoms with van der Waals surface area (Å²) in [5.74, 6) is -8.54.